The molecule has 0 amide bonds. The van der Waals surface area contributed by atoms with Crippen molar-refractivity contribution in [2.24, 2.45) is 0 Å². The second-order valence-electron chi connectivity index (χ2n) is 4.38. The van der Waals surface area contributed by atoms with E-state index in [0.29, 0.717) is 12.7 Å². The van der Waals surface area contributed by atoms with Crippen LogP contribution in [0, 0.1) is 0 Å². The highest BCUT2D eigenvalue weighted by atomic mass is 28.4. The van der Waals surface area contributed by atoms with E-state index in [1.54, 1.807) is 0 Å². The molecule has 1 aromatic carbocycles. The van der Waals surface area contributed by atoms with Crippen LogP contribution in [0.3, 0.4) is 0 Å². The molecule has 0 saturated carbocycles. The maximum atomic E-state index is 11.6. The van der Waals surface area contributed by atoms with Gasteiger partial charge in [-0.2, -0.15) is 0 Å². The van der Waals surface area contributed by atoms with Gasteiger partial charge < -0.3 is 8.85 Å². The zero-order valence-corrected chi connectivity index (χ0v) is 12.7. The molecule has 1 aromatic rings. The van der Waals surface area contributed by atoms with E-state index in [2.05, 4.69) is 13.5 Å². The summed E-state index contributed by atoms with van der Waals surface area (Å²) in [7, 11) is -2.54. The topological polar surface area (TPSA) is 35.5 Å². The molecule has 104 valence electrons. The molecule has 3 nitrogen and oxygen atoms in total. The lowest BCUT2D eigenvalue weighted by Gasteiger charge is -2.29. The number of benzene rings is 1. The number of hydrogen-bond acceptors (Lipinski definition) is 3. The van der Waals surface area contributed by atoms with Crippen molar-refractivity contribution in [1.82, 2.24) is 0 Å². The summed E-state index contributed by atoms with van der Waals surface area (Å²) in [6.07, 6.45) is 2.14. The number of hydrogen-bond donors (Lipinski definition) is 0. The van der Waals surface area contributed by atoms with E-state index in [-0.39, 0.29) is 5.97 Å². The molecular weight excluding hydrogens is 256 g/mol. The Kier molecular flexibility index (Phi) is 6.52. The van der Waals surface area contributed by atoms with Gasteiger partial charge in [0, 0.05) is 24.8 Å². The van der Waals surface area contributed by atoms with Gasteiger partial charge in [0.2, 0.25) is 0 Å². The minimum Gasteiger partial charge on any atom is -0.491 e. The van der Waals surface area contributed by atoms with Gasteiger partial charge in [0.25, 0.3) is 0 Å². The fourth-order valence-electron chi connectivity index (χ4n) is 2.10. The maximum absolute atomic E-state index is 11.6. The minimum absolute atomic E-state index is 0.385. The third kappa shape index (κ3) is 5.01. The fraction of sp³-hybridized carbons (Fsp3) is 0.400. The summed E-state index contributed by atoms with van der Waals surface area (Å²) in [5, 5.41) is 0. The quantitative estimate of drug-likeness (QED) is 0.540. The third-order valence-corrected chi connectivity index (χ3v) is 6.40. The van der Waals surface area contributed by atoms with Crippen molar-refractivity contribution in [2.75, 3.05) is 6.61 Å². The molecule has 0 heterocycles. The lowest BCUT2D eigenvalue weighted by Crippen LogP contribution is -2.46. The lowest BCUT2D eigenvalue weighted by atomic mass is 10.2. The smallest absolute Gasteiger partial charge is 0.406 e. The Labute approximate surface area is 116 Å². The van der Waals surface area contributed by atoms with Crippen molar-refractivity contribution in [2.45, 2.75) is 32.4 Å². The van der Waals surface area contributed by atoms with Crippen LogP contribution in [0.2, 0.25) is 6.04 Å². The summed E-state index contributed by atoms with van der Waals surface area (Å²) >= 11 is 0. The van der Waals surface area contributed by atoms with Gasteiger partial charge in [0.05, 0.1) is 0 Å². The van der Waals surface area contributed by atoms with Gasteiger partial charge in [-0.3, -0.25) is 0 Å². The van der Waals surface area contributed by atoms with Crippen molar-refractivity contribution in [3.8, 4) is 0 Å². The Morgan fingerprint density at radius 1 is 1.32 bits per heavy atom. The van der Waals surface area contributed by atoms with Gasteiger partial charge in [-0.05, 0) is 12.5 Å². The van der Waals surface area contributed by atoms with Crippen LogP contribution in [0.15, 0.2) is 43.0 Å². The second-order valence-corrected chi connectivity index (χ2v) is 7.55. The molecule has 4 heteroatoms. The normalized spacial score (nSPS) is 13.6. The van der Waals surface area contributed by atoms with E-state index in [0.717, 1.165) is 18.0 Å². The first-order valence-corrected chi connectivity index (χ1v) is 8.92. The maximum Gasteiger partial charge on any atom is 0.406 e. The lowest BCUT2D eigenvalue weighted by molar-refractivity contribution is -0.131. The largest absolute Gasteiger partial charge is 0.491 e. The van der Waals surface area contributed by atoms with E-state index in [1.165, 1.54) is 6.08 Å². The molecule has 19 heavy (non-hydrogen) atoms. The van der Waals surface area contributed by atoms with Crippen LogP contribution < -0.4 is 0 Å². The molecular formula is C15H22O3Si. The average molecular weight is 278 g/mol. The highest BCUT2D eigenvalue weighted by Gasteiger charge is 2.40. The van der Waals surface area contributed by atoms with Crippen molar-refractivity contribution < 1.29 is 13.6 Å². The standard InChI is InChI=1S/C15H22O3Si/c1-4-12-19(17-6-3,18-15(16)5-2)13-14-10-8-7-9-11-14/h5,7-11H,2,4,6,12-13H2,1,3H3. The molecule has 0 aromatic heterocycles. The van der Waals surface area contributed by atoms with Crippen molar-refractivity contribution in [3.63, 3.8) is 0 Å². The summed E-state index contributed by atoms with van der Waals surface area (Å²) in [6, 6.07) is 11.5. The Morgan fingerprint density at radius 2 is 2.00 bits per heavy atom. The third-order valence-electron chi connectivity index (χ3n) is 2.81. The van der Waals surface area contributed by atoms with E-state index >= 15 is 0 Å². The van der Waals surface area contributed by atoms with Gasteiger partial charge in [-0.15, -0.1) is 0 Å². The van der Waals surface area contributed by atoms with E-state index in [9.17, 15) is 4.79 Å². The Morgan fingerprint density at radius 3 is 2.53 bits per heavy atom. The molecule has 0 radical (unpaired) electrons. The summed E-state index contributed by atoms with van der Waals surface area (Å²) < 4.78 is 11.5. The first-order chi connectivity index (χ1) is 9.15. The van der Waals surface area contributed by atoms with Gasteiger partial charge in [0.15, 0.2) is 0 Å². The van der Waals surface area contributed by atoms with Crippen LogP contribution in [0.1, 0.15) is 25.8 Å². The van der Waals surface area contributed by atoms with Crippen LogP contribution in [0.4, 0.5) is 0 Å². The molecule has 0 aliphatic carbocycles. The number of carbonyl (C=O) groups excluding carboxylic acids is 1. The molecule has 0 spiro atoms. The monoisotopic (exact) mass is 278 g/mol. The molecule has 1 atom stereocenters. The van der Waals surface area contributed by atoms with Gasteiger partial charge in [-0.25, -0.2) is 4.79 Å². The fourth-order valence-corrected chi connectivity index (χ4v) is 5.36. The molecule has 0 N–H and O–H groups in total. The van der Waals surface area contributed by atoms with Crippen LogP contribution in [-0.4, -0.2) is 21.1 Å². The van der Waals surface area contributed by atoms with Crippen LogP contribution in [0.25, 0.3) is 0 Å². The minimum atomic E-state index is -2.54. The molecule has 1 unspecified atom stereocenters. The zero-order chi connectivity index (χ0) is 14.1. The van der Waals surface area contributed by atoms with Gasteiger partial charge in [0.1, 0.15) is 0 Å². The van der Waals surface area contributed by atoms with Crippen molar-refractivity contribution in [3.05, 3.63) is 48.6 Å². The molecule has 0 aliphatic rings. The number of carbonyl (C=O) groups is 1. The predicted octanol–water partition coefficient (Wildman–Crippen LogP) is 3.39. The average Bonchev–Trinajstić information content (AvgIpc) is 2.40. The summed E-state index contributed by atoms with van der Waals surface area (Å²) in [5.74, 6) is -0.385. The van der Waals surface area contributed by atoms with Crippen molar-refractivity contribution >= 4 is 14.5 Å². The zero-order valence-electron chi connectivity index (χ0n) is 11.7. The molecule has 0 aliphatic heterocycles. The molecule has 0 saturated heterocycles. The van der Waals surface area contributed by atoms with Gasteiger partial charge >= 0.3 is 14.5 Å². The highest BCUT2D eigenvalue weighted by Crippen LogP contribution is 2.22. The predicted molar refractivity (Wildman–Crippen MR) is 78.9 cm³/mol. The Balaban J connectivity index is 2.93. The van der Waals surface area contributed by atoms with Crippen LogP contribution >= 0.6 is 0 Å². The summed E-state index contributed by atoms with van der Waals surface area (Å²) in [4.78, 5) is 11.6. The van der Waals surface area contributed by atoms with E-state index < -0.39 is 8.56 Å². The van der Waals surface area contributed by atoms with Crippen LogP contribution in [-0.2, 0) is 19.7 Å². The molecule has 1 rings (SSSR count). The second kappa shape index (κ2) is 7.91. The molecule has 0 fully saturated rings. The molecule has 0 bridgehead atoms. The van der Waals surface area contributed by atoms with Crippen LogP contribution in [0.5, 0.6) is 0 Å². The highest BCUT2D eigenvalue weighted by molar-refractivity contribution is 6.68. The Hall–Kier alpha value is -1.39. The van der Waals surface area contributed by atoms with Gasteiger partial charge in [-0.1, -0.05) is 50.3 Å². The SMILES string of the molecule is C=CC(=O)O[Si](CCC)(Cc1ccccc1)OCC. The first-order valence-electron chi connectivity index (χ1n) is 6.69. The summed E-state index contributed by atoms with van der Waals surface area (Å²) in [6.45, 7) is 8.03. The van der Waals surface area contributed by atoms with E-state index in [1.807, 2.05) is 37.3 Å². The Bertz CT molecular complexity index is 397. The number of rotatable bonds is 8. The van der Waals surface area contributed by atoms with Crippen molar-refractivity contribution in [1.29, 1.82) is 0 Å². The summed E-state index contributed by atoms with van der Waals surface area (Å²) in [5.41, 5.74) is 1.15. The van der Waals surface area contributed by atoms with E-state index in [4.69, 9.17) is 8.85 Å². The first kappa shape index (κ1) is 15.7.